The topological polar surface area (TPSA) is 108 Å². The molecule has 0 aliphatic heterocycles. The van der Waals surface area contributed by atoms with Crippen molar-refractivity contribution in [2.24, 2.45) is 0 Å². The predicted octanol–water partition coefficient (Wildman–Crippen LogP) is 13.1. The number of hydrogen-bond donors (Lipinski definition) is 2. The highest BCUT2D eigenvalue weighted by Crippen LogP contribution is 2.38. The molecule has 0 rings (SSSR count). The number of rotatable bonds is 44. The summed E-state index contributed by atoms with van der Waals surface area (Å²) >= 11 is 0. The Kier molecular flexibility index (Phi) is 39.7. The number of phosphoric acid groups is 1. The highest BCUT2D eigenvalue weighted by molar-refractivity contribution is 7.45. The van der Waals surface area contributed by atoms with Gasteiger partial charge in [-0.1, -0.05) is 199 Å². The Morgan fingerprint density at radius 2 is 1.02 bits per heavy atom. The van der Waals surface area contributed by atoms with Crippen LogP contribution in [0, 0.1) is 0 Å². The van der Waals surface area contributed by atoms with E-state index in [1.165, 1.54) is 154 Å². The monoisotopic (exact) mass is 827 g/mol. The minimum atomic E-state index is -4.56. The van der Waals surface area contributed by atoms with E-state index < -0.39 is 20.0 Å². The fourth-order valence-electron chi connectivity index (χ4n) is 7.07. The largest absolute Gasteiger partial charge is 0.756 e. The number of aliphatic hydroxyl groups excluding tert-OH is 1. The van der Waals surface area contributed by atoms with E-state index in [9.17, 15) is 19.4 Å². The molecule has 3 unspecified atom stereocenters. The number of unbranched alkanes of at least 4 members (excludes halogenated alkanes) is 27. The van der Waals surface area contributed by atoms with Crippen molar-refractivity contribution >= 4 is 13.7 Å². The van der Waals surface area contributed by atoms with Gasteiger partial charge >= 0.3 is 0 Å². The van der Waals surface area contributed by atoms with E-state index in [1.54, 1.807) is 0 Å². The standard InChI is InChI=1S/C48H95N2O6P/c1-6-8-10-12-14-16-18-20-21-22-23-24-25-26-27-28-29-30-32-34-36-38-40-42-48(52)49-46(45-56-57(53,54)55-44-43-50(3,4)5)47(51)41-39-37-35-33-31-19-17-15-13-11-9-7-2/h18,20,22-23,46-47,51H,6-17,19,21,24-45H2,1-5H3,(H-,49,52,53,54)/b20-18-,23-22-. The zero-order valence-electron chi connectivity index (χ0n) is 38.3. The number of phosphoric ester groups is 1. The summed E-state index contributed by atoms with van der Waals surface area (Å²) in [4.78, 5) is 25.4. The van der Waals surface area contributed by atoms with Crippen LogP contribution in [0.15, 0.2) is 24.3 Å². The molecular formula is C48H95N2O6P. The van der Waals surface area contributed by atoms with E-state index in [1.807, 2.05) is 21.1 Å². The van der Waals surface area contributed by atoms with Gasteiger partial charge in [-0.2, -0.15) is 0 Å². The van der Waals surface area contributed by atoms with E-state index in [2.05, 4.69) is 43.5 Å². The maximum atomic E-state index is 12.9. The van der Waals surface area contributed by atoms with Gasteiger partial charge in [-0.05, 0) is 44.9 Å². The van der Waals surface area contributed by atoms with Gasteiger partial charge in [0.15, 0.2) is 0 Å². The van der Waals surface area contributed by atoms with Crippen LogP contribution in [0.1, 0.15) is 226 Å². The number of allylic oxidation sites excluding steroid dienone is 4. The molecule has 57 heavy (non-hydrogen) atoms. The number of quaternary nitrogens is 1. The molecule has 0 aromatic rings. The first-order valence-electron chi connectivity index (χ1n) is 24.2. The lowest BCUT2D eigenvalue weighted by Gasteiger charge is -2.30. The fourth-order valence-corrected chi connectivity index (χ4v) is 7.79. The van der Waals surface area contributed by atoms with E-state index in [-0.39, 0.29) is 19.1 Å². The molecule has 0 aromatic heterocycles. The van der Waals surface area contributed by atoms with E-state index >= 15 is 0 Å². The minimum absolute atomic E-state index is 0.0126. The summed E-state index contributed by atoms with van der Waals surface area (Å²) < 4.78 is 23.3. The van der Waals surface area contributed by atoms with Crippen LogP contribution in [0.2, 0.25) is 0 Å². The van der Waals surface area contributed by atoms with Crippen molar-refractivity contribution in [1.29, 1.82) is 0 Å². The molecule has 9 heteroatoms. The number of carbonyl (C=O) groups is 1. The van der Waals surface area contributed by atoms with Gasteiger partial charge in [0.05, 0.1) is 39.9 Å². The summed E-state index contributed by atoms with van der Waals surface area (Å²) in [5, 5.41) is 13.9. The second-order valence-electron chi connectivity index (χ2n) is 17.8. The summed E-state index contributed by atoms with van der Waals surface area (Å²) in [6.07, 6.45) is 47.5. The smallest absolute Gasteiger partial charge is 0.268 e. The zero-order valence-corrected chi connectivity index (χ0v) is 39.2. The van der Waals surface area contributed by atoms with Crippen molar-refractivity contribution in [3.63, 3.8) is 0 Å². The maximum absolute atomic E-state index is 12.9. The van der Waals surface area contributed by atoms with Gasteiger partial charge in [-0.25, -0.2) is 0 Å². The Bertz CT molecular complexity index is 984. The summed E-state index contributed by atoms with van der Waals surface area (Å²) in [5.41, 5.74) is 0. The molecule has 0 bridgehead atoms. The molecule has 3 atom stereocenters. The minimum Gasteiger partial charge on any atom is -0.756 e. The Labute approximate surface area is 354 Å². The molecule has 0 saturated carbocycles. The zero-order chi connectivity index (χ0) is 42.1. The summed E-state index contributed by atoms with van der Waals surface area (Å²) in [6.45, 7) is 4.71. The molecule has 0 aromatic carbocycles. The number of nitrogens with zero attached hydrogens (tertiary/aromatic N) is 1. The molecule has 0 heterocycles. The highest BCUT2D eigenvalue weighted by Gasteiger charge is 2.24. The average Bonchev–Trinajstić information content (AvgIpc) is 3.16. The van der Waals surface area contributed by atoms with Crippen molar-refractivity contribution in [1.82, 2.24) is 5.32 Å². The third-order valence-corrected chi connectivity index (χ3v) is 11.9. The number of hydrogen-bond acceptors (Lipinski definition) is 6. The number of nitrogens with one attached hydrogen (secondary N) is 1. The number of carbonyl (C=O) groups excluding carboxylic acids is 1. The third kappa shape index (κ3) is 42.9. The summed E-state index contributed by atoms with van der Waals surface area (Å²) in [7, 11) is 1.31. The molecule has 0 radical (unpaired) electrons. The van der Waals surface area contributed by atoms with E-state index in [0.29, 0.717) is 23.9 Å². The first kappa shape index (κ1) is 56.0. The molecule has 1 amide bonds. The van der Waals surface area contributed by atoms with Crippen molar-refractivity contribution in [2.45, 2.75) is 238 Å². The fraction of sp³-hybridized carbons (Fsp3) is 0.896. The third-order valence-electron chi connectivity index (χ3n) is 10.9. The Hall–Kier alpha value is -1.02. The number of aliphatic hydroxyl groups is 1. The second-order valence-corrected chi connectivity index (χ2v) is 19.2. The SMILES string of the molecule is CCCCCCC/C=C\C/C=C\CCCCCCCCCCCCCC(=O)NC(COP(=O)([O-])OCC[N+](C)(C)C)C(O)CCCCCCCCCCCCCC. The van der Waals surface area contributed by atoms with Crippen LogP contribution in [0.3, 0.4) is 0 Å². The van der Waals surface area contributed by atoms with Crippen LogP contribution in [0.5, 0.6) is 0 Å². The van der Waals surface area contributed by atoms with Crippen LogP contribution in [-0.2, 0) is 18.4 Å². The average molecular weight is 827 g/mol. The lowest BCUT2D eigenvalue weighted by molar-refractivity contribution is -0.870. The molecule has 338 valence electrons. The van der Waals surface area contributed by atoms with E-state index in [4.69, 9.17) is 9.05 Å². The molecule has 0 spiro atoms. The molecule has 0 aliphatic rings. The van der Waals surface area contributed by atoms with Gasteiger partial charge in [0.25, 0.3) is 7.82 Å². The normalized spacial score (nSPS) is 14.4. The van der Waals surface area contributed by atoms with Crippen LogP contribution < -0.4 is 10.2 Å². The van der Waals surface area contributed by atoms with Crippen molar-refractivity contribution in [3.8, 4) is 0 Å². The Morgan fingerprint density at radius 3 is 1.46 bits per heavy atom. The van der Waals surface area contributed by atoms with Crippen LogP contribution in [-0.4, -0.2) is 68.5 Å². The van der Waals surface area contributed by atoms with Gasteiger partial charge < -0.3 is 28.8 Å². The van der Waals surface area contributed by atoms with Gasteiger partial charge in [0.2, 0.25) is 5.91 Å². The summed E-state index contributed by atoms with van der Waals surface area (Å²) in [5.74, 6) is -0.167. The van der Waals surface area contributed by atoms with Gasteiger partial charge in [0, 0.05) is 6.42 Å². The quantitative estimate of drug-likeness (QED) is 0.0274. The maximum Gasteiger partial charge on any atom is 0.268 e. The molecule has 0 aliphatic carbocycles. The molecule has 0 fully saturated rings. The molecular weight excluding hydrogens is 732 g/mol. The highest BCUT2D eigenvalue weighted by atomic mass is 31.2. The van der Waals surface area contributed by atoms with Gasteiger partial charge in [-0.3, -0.25) is 9.36 Å². The summed E-state index contributed by atoms with van der Waals surface area (Å²) in [6, 6.07) is -0.798. The Morgan fingerprint density at radius 1 is 0.614 bits per heavy atom. The van der Waals surface area contributed by atoms with Crippen molar-refractivity contribution in [3.05, 3.63) is 24.3 Å². The first-order valence-corrected chi connectivity index (χ1v) is 25.6. The molecule has 8 nitrogen and oxygen atoms in total. The first-order chi connectivity index (χ1) is 27.5. The van der Waals surface area contributed by atoms with Gasteiger partial charge in [-0.15, -0.1) is 0 Å². The number of amides is 1. The van der Waals surface area contributed by atoms with Crippen molar-refractivity contribution in [2.75, 3.05) is 40.9 Å². The molecule has 0 saturated heterocycles. The lowest BCUT2D eigenvalue weighted by atomic mass is 10.0. The van der Waals surface area contributed by atoms with Crippen LogP contribution >= 0.6 is 7.82 Å². The van der Waals surface area contributed by atoms with Crippen molar-refractivity contribution < 1.29 is 32.9 Å². The Balaban J connectivity index is 4.21. The molecule has 2 N–H and O–H groups in total. The van der Waals surface area contributed by atoms with Crippen LogP contribution in [0.4, 0.5) is 0 Å². The van der Waals surface area contributed by atoms with Gasteiger partial charge in [0.1, 0.15) is 13.2 Å². The second kappa shape index (κ2) is 40.4. The number of likely N-dealkylation sites (N-methyl/N-ethyl adjacent to an activating group) is 1. The lowest BCUT2D eigenvalue weighted by Crippen LogP contribution is -2.46. The van der Waals surface area contributed by atoms with Crippen LogP contribution in [0.25, 0.3) is 0 Å². The predicted molar refractivity (Wildman–Crippen MR) is 242 cm³/mol. The van der Waals surface area contributed by atoms with E-state index in [0.717, 1.165) is 44.9 Å².